The molecule has 4 N–H and O–H groups in total. The van der Waals surface area contributed by atoms with Crippen LogP contribution in [0.3, 0.4) is 0 Å². The van der Waals surface area contributed by atoms with Crippen LogP contribution in [0.15, 0.2) is 42.5 Å². The van der Waals surface area contributed by atoms with Crippen LogP contribution in [0.2, 0.25) is 5.02 Å². The lowest BCUT2D eigenvalue weighted by molar-refractivity contribution is -0.231. The zero-order valence-electron chi connectivity index (χ0n) is 17.7. The number of rotatable bonds is 10. The van der Waals surface area contributed by atoms with Gasteiger partial charge in [-0.15, -0.1) is 0 Å². The van der Waals surface area contributed by atoms with Gasteiger partial charge >= 0.3 is 0 Å². The van der Waals surface area contributed by atoms with Gasteiger partial charge in [-0.05, 0) is 41.3 Å². The summed E-state index contributed by atoms with van der Waals surface area (Å²) in [5, 5.41) is 40.3. The fourth-order valence-electron chi connectivity index (χ4n) is 3.60. The van der Waals surface area contributed by atoms with E-state index in [2.05, 4.69) is 0 Å². The average molecular weight is 489 g/mol. The molecule has 2 aromatic carbocycles. The van der Waals surface area contributed by atoms with E-state index in [1.54, 1.807) is 30.3 Å². The molecular formula is C23H27ClF2O7. The molecule has 1 heterocycles. The molecule has 7 nitrogen and oxygen atoms in total. The first kappa shape index (κ1) is 25.8. The molecule has 3 rings (SSSR count). The van der Waals surface area contributed by atoms with Crippen molar-refractivity contribution < 1.29 is 43.4 Å². The van der Waals surface area contributed by atoms with E-state index in [1.165, 1.54) is 0 Å². The van der Waals surface area contributed by atoms with Crippen LogP contribution in [0.25, 0.3) is 0 Å². The third kappa shape index (κ3) is 6.83. The minimum Gasteiger partial charge on any atom is -0.491 e. The van der Waals surface area contributed by atoms with Crippen molar-refractivity contribution in [3.8, 4) is 5.75 Å². The molecule has 1 fully saturated rings. The van der Waals surface area contributed by atoms with Crippen molar-refractivity contribution >= 4 is 11.6 Å². The molecule has 0 aliphatic carbocycles. The summed E-state index contributed by atoms with van der Waals surface area (Å²) >= 11 is 6.36. The van der Waals surface area contributed by atoms with Crippen LogP contribution in [0.1, 0.15) is 22.8 Å². The Bertz CT molecular complexity index is 882. The Kier molecular flexibility index (Phi) is 9.39. The van der Waals surface area contributed by atoms with Crippen molar-refractivity contribution in [3.05, 3.63) is 64.2 Å². The number of hydrogen-bond donors (Lipinski definition) is 4. The maximum absolute atomic E-state index is 12.0. The Balaban J connectivity index is 1.64. The van der Waals surface area contributed by atoms with E-state index in [0.717, 1.165) is 11.1 Å². The van der Waals surface area contributed by atoms with Gasteiger partial charge in [-0.2, -0.15) is 0 Å². The van der Waals surface area contributed by atoms with Crippen LogP contribution in [0.4, 0.5) is 8.78 Å². The monoisotopic (exact) mass is 488 g/mol. The Hall–Kier alpha value is -1.85. The Labute approximate surface area is 195 Å². The van der Waals surface area contributed by atoms with Crippen LogP contribution in [-0.4, -0.2) is 77.7 Å². The van der Waals surface area contributed by atoms with Crippen molar-refractivity contribution in [3.63, 3.8) is 0 Å². The van der Waals surface area contributed by atoms with Crippen molar-refractivity contribution in [2.24, 2.45) is 0 Å². The van der Waals surface area contributed by atoms with Gasteiger partial charge in [-0.25, -0.2) is 8.78 Å². The highest BCUT2D eigenvalue weighted by Crippen LogP contribution is 2.34. The second-order valence-corrected chi connectivity index (χ2v) is 8.14. The number of ether oxygens (including phenoxy) is 3. The first-order valence-electron chi connectivity index (χ1n) is 10.5. The van der Waals surface area contributed by atoms with Crippen LogP contribution in [0.5, 0.6) is 5.75 Å². The average Bonchev–Trinajstić information content (AvgIpc) is 2.80. The van der Waals surface area contributed by atoms with Gasteiger partial charge in [0.25, 0.3) is 6.43 Å². The fraction of sp³-hybridized carbons (Fsp3) is 0.478. The second-order valence-electron chi connectivity index (χ2n) is 7.74. The van der Waals surface area contributed by atoms with Crippen LogP contribution in [0, 0.1) is 0 Å². The van der Waals surface area contributed by atoms with Crippen molar-refractivity contribution in [1.29, 1.82) is 0 Å². The summed E-state index contributed by atoms with van der Waals surface area (Å²) in [5.74, 6) is 0.570. The van der Waals surface area contributed by atoms with Gasteiger partial charge in [-0.3, -0.25) is 0 Å². The van der Waals surface area contributed by atoms with Gasteiger partial charge in [0.1, 0.15) is 49.5 Å². The highest BCUT2D eigenvalue weighted by atomic mass is 35.5. The third-order valence-electron chi connectivity index (χ3n) is 5.35. The zero-order valence-corrected chi connectivity index (χ0v) is 18.4. The third-order valence-corrected chi connectivity index (χ3v) is 5.72. The molecule has 1 aliphatic heterocycles. The lowest BCUT2D eigenvalue weighted by atomic mass is 9.90. The van der Waals surface area contributed by atoms with Gasteiger partial charge in [0, 0.05) is 5.02 Å². The van der Waals surface area contributed by atoms with E-state index in [9.17, 15) is 29.2 Å². The molecule has 0 aromatic heterocycles. The standard InChI is InChI=1S/C23H27ClF2O7/c24-17-6-3-14(23-22(30)21(29)20(28)18(11-27)33-23)10-15(17)9-13-1-4-16(5-2-13)32-8-7-31-12-19(25)26/h1-6,10,18-23,27-30H,7-9,11-12H2. The summed E-state index contributed by atoms with van der Waals surface area (Å²) in [7, 11) is 0. The molecular weight excluding hydrogens is 462 g/mol. The van der Waals surface area contributed by atoms with Gasteiger partial charge in [0.2, 0.25) is 0 Å². The summed E-state index contributed by atoms with van der Waals surface area (Å²) < 4.78 is 39.9. The molecule has 1 aliphatic rings. The summed E-state index contributed by atoms with van der Waals surface area (Å²) in [6, 6.07) is 12.2. The fourth-order valence-corrected chi connectivity index (χ4v) is 3.78. The molecule has 33 heavy (non-hydrogen) atoms. The Morgan fingerprint density at radius 1 is 0.970 bits per heavy atom. The summed E-state index contributed by atoms with van der Waals surface area (Å²) in [4.78, 5) is 0. The highest BCUT2D eigenvalue weighted by molar-refractivity contribution is 6.31. The summed E-state index contributed by atoms with van der Waals surface area (Å²) in [6.45, 7) is -0.911. The first-order valence-corrected chi connectivity index (χ1v) is 10.8. The van der Waals surface area contributed by atoms with Crippen molar-refractivity contribution in [1.82, 2.24) is 0 Å². The van der Waals surface area contributed by atoms with Crippen LogP contribution < -0.4 is 4.74 Å². The first-order chi connectivity index (χ1) is 15.8. The van der Waals surface area contributed by atoms with E-state index in [1.807, 2.05) is 12.1 Å². The quantitative estimate of drug-likeness (QED) is 0.379. The molecule has 5 unspecified atom stereocenters. The summed E-state index contributed by atoms with van der Waals surface area (Å²) in [5.41, 5.74) is 2.22. The zero-order chi connectivity index (χ0) is 24.0. The van der Waals surface area contributed by atoms with Gasteiger partial charge < -0.3 is 34.6 Å². The molecule has 0 spiro atoms. The van der Waals surface area contributed by atoms with E-state index in [-0.39, 0.29) is 13.2 Å². The molecule has 2 aromatic rings. The van der Waals surface area contributed by atoms with Crippen LogP contribution >= 0.6 is 11.6 Å². The topological polar surface area (TPSA) is 109 Å². The number of aliphatic hydroxyl groups excluding tert-OH is 4. The van der Waals surface area contributed by atoms with Crippen molar-refractivity contribution in [2.75, 3.05) is 26.4 Å². The second kappa shape index (κ2) is 12.0. The number of hydrogen-bond acceptors (Lipinski definition) is 7. The molecule has 5 atom stereocenters. The lowest BCUT2D eigenvalue weighted by Gasteiger charge is -2.40. The largest absolute Gasteiger partial charge is 0.491 e. The smallest absolute Gasteiger partial charge is 0.261 e. The van der Waals surface area contributed by atoms with E-state index < -0.39 is 50.2 Å². The van der Waals surface area contributed by atoms with E-state index in [0.29, 0.717) is 22.8 Å². The Morgan fingerprint density at radius 3 is 2.36 bits per heavy atom. The normalized spacial score (nSPS) is 25.4. The number of halogens is 3. The van der Waals surface area contributed by atoms with Crippen LogP contribution in [-0.2, 0) is 15.9 Å². The highest BCUT2D eigenvalue weighted by Gasteiger charge is 2.44. The molecule has 0 radical (unpaired) electrons. The molecule has 0 bridgehead atoms. The summed E-state index contributed by atoms with van der Waals surface area (Å²) in [6.07, 6.45) is -8.26. The minimum absolute atomic E-state index is 0.0619. The van der Waals surface area contributed by atoms with Crippen molar-refractivity contribution in [2.45, 2.75) is 43.4 Å². The molecule has 0 amide bonds. The Morgan fingerprint density at radius 2 is 1.70 bits per heavy atom. The van der Waals surface area contributed by atoms with Gasteiger partial charge in [0.15, 0.2) is 0 Å². The molecule has 1 saturated heterocycles. The number of alkyl halides is 2. The predicted octanol–water partition coefficient (Wildman–Crippen LogP) is 2.11. The van der Waals surface area contributed by atoms with Gasteiger partial charge in [-0.1, -0.05) is 35.9 Å². The molecule has 0 saturated carbocycles. The maximum atomic E-state index is 12.0. The van der Waals surface area contributed by atoms with E-state index >= 15 is 0 Å². The van der Waals surface area contributed by atoms with Gasteiger partial charge in [0.05, 0.1) is 13.2 Å². The minimum atomic E-state index is -2.50. The molecule has 10 heteroatoms. The van der Waals surface area contributed by atoms with E-state index in [4.69, 9.17) is 25.8 Å². The SMILES string of the molecule is OCC1OC(c2ccc(Cl)c(Cc3ccc(OCCOCC(F)F)cc3)c2)C(O)C(O)C1O. The maximum Gasteiger partial charge on any atom is 0.261 e. The number of aliphatic hydroxyl groups is 4. The lowest BCUT2D eigenvalue weighted by Crippen LogP contribution is -2.55. The molecule has 182 valence electrons. The predicted molar refractivity (Wildman–Crippen MR) is 116 cm³/mol. The number of benzene rings is 2.